The minimum absolute atomic E-state index is 0.655. The molecular weight excluding hydrogens is 336 g/mol. The van der Waals surface area contributed by atoms with E-state index in [1.807, 2.05) is 24.3 Å². The van der Waals surface area contributed by atoms with Crippen LogP contribution in [0.5, 0.6) is 0 Å². The molecule has 142 valence electrons. The van der Waals surface area contributed by atoms with Crippen molar-refractivity contribution >= 4 is 0 Å². The number of hydrogen-bond donors (Lipinski definition) is 1. The summed E-state index contributed by atoms with van der Waals surface area (Å²) in [7, 11) is 0. The molecule has 0 saturated heterocycles. The van der Waals surface area contributed by atoms with E-state index in [1.165, 1.54) is 0 Å². The Morgan fingerprint density at radius 2 is 1.41 bits per heavy atom. The van der Waals surface area contributed by atoms with Gasteiger partial charge >= 0.3 is 0 Å². The summed E-state index contributed by atoms with van der Waals surface area (Å²) in [5.74, 6) is 0.999. The van der Waals surface area contributed by atoms with E-state index in [2.05, 4.69) is 48.3 Å². The van der Waals surface area contributed by atoms with Crippen molar-refractivity contribution in [3.8, 4) is 22.5 Å². The van der Waals surface area contributed by atoms with Crippen molar-refractivity contribution in [2.24, 2.45) is 0 Å². The molecular formula is C23H28N2O2. The zero-order valence-electron chi connectivity index (χ0n) is 16.0. The second-order valence-corrected chi connectivity index (χ2v) is 6.47. The van der Waals surface area contributed by atoms with E-state index in [1.54, 1.807) is 0 Å². The zero-order valence-corrected chi connectivity index (χ0v) is 16.0. The normalized spacial score (nSPS) is 11.0. The smallest absolute Gasteiger partial charge is 0.107 e. The van der Waals surface area contributed by atoms with E-state index in [9.17, 15) is 0 Å². The highest BCUT2D eigenvalue weighted by atomic mass is 16.5. The molecule has 4 heteroatoms. The number of nitrogens with zero attached hydrogens (tertiary/aromatic N) is 1. The lowest BCUT2D eigenvalue weighted by Gasteiger charge is -2.04. The molecule has 4 nitrogen and oxygen atoms in total. The fourth-order valence-corrected chi connectivity index (χ4v) is 2.97. The van der Waals surface area contributed by atoms with Gasteiger partial charge in [0.25, 0.3) is 0 Å². The SMILES string of the molecule is CCCOCCOCCCc1nc(-c2ccccc2)c(-c2ccccc2)[nH]1. The van der Waals surface area contributed by atoms with Gasteiger partial charge in [0.05, 0.1) is 24.6 Å². The Labute approximate surface area is 161 Å². The first-order chi connectivity index (χ1) is 13.4. The number of benzene rings is 2. The Kier molecular flexibility index (Phi) is 7.63. The van der Waals surface area contributed by atoms with Crippen LogP contribution in [0, 0.1) is 0 Å². The van der Waals surface area contributed by atoms with Crippen molar-refractivity contribution in [3.63, 3.8) is 0 Å². The molecule has 3 rings (SSSR count). The van der Waals surface area contributed by atoms with Crippen LogP contribution in [0.4, 0.5) is 0 Å². The Bertz CT molecular complexity index is 728. The van der Waals surface area contributed by atoms with Gasteiger partial charge in [-0.05, 0) is 12.8 Å². The summed E-state index contributed by atoms with van der Waals surface area (Å²) in [5.41, 5.74) is 4.36. The summed E-state index contributed by atoms with van der Waals surface area (Å²) in [6.07, 6.45) is 2.85. The van der Waals surface area contributed by atoms with Crippen LogP contribution in [0.3, 0.4) is 0 Å². The average molecular weight is 364 g/mol. The molecule has 0 aliphatic heterocycles. The topological polar surface area (TPSA) is 47.1 Å². The molecule has 2 aromatic carbocycles. The van der Waals surface area contributed by atoms with E-state index >= 15 is 0 Å². The van der Waals surface area contributed by atoms with Crippen LogP contribution in [-0.2, 0) is 15.9 Å². The second-order valence-electron chi connectivity index (χ2n) is 6.47. The molecule has 0 aliphatic rings. The van der Waals surface area contributed by atoms with Gasteiger partial charge in [0.1, 0.15) is 5.82 Å². The Morgan fingerprint density at radius 1 is 0.778 bits per heavy atom. The van der Waals surface area contributed by atoms with Gasteiger partial charge in [-0.2, -0.15) is 0 Å². The van der Waals surface area contributed by atoms with Crippen molar-refractivity contribution in [1.82, 2.24) is 9.97 Å². The zero-order chi connectivity index (χ0) is 18.7. The summed E-state index contributed by atoms with van der Waals surface area (Å²) < 4.78 is 11.1. The number of aromatic amines is 1. The lowest BCUT2D eigenvalue weighted by molar-refractivity contribution is 0.0471. The van der Waals surface area contributed by atoms with Crippen LogP contribution < -0.4 is 0 Å². The van der Waals surface area contributed by atoms with Gasteiger partial charge in [0, 0.05) is 30.8 Å². The fraction of sp³-hybridized carbons (Fsp3) is 0.348. The maximum Gasteiger partial charge on any atom is 0.107 e. The second kappa shape index (κ2) is 10.7. The first-order valence-electron chi connectivity index (χ1n) is 9.73. The van der Waals surface area contributed by atoms with Gasteiger partial charge in [-0.25, -0.2) is 4.98 Å². The molecule has 1 N–H and O–H groups in total. The van der Waals surface area contributed by atoms with E-state index in [0.29, 0.717) is 13.2 Å². The van der Waals surface area contributed by atoms with Crippen molar-refractivity contribution in [3.05, 3.63) is 66.5 Å². The summed E-state index contributed by atoms with van der Waals surface area (Å²) >= 11 is 0. The van der Waals surface area contributed by atoms with Crippen molar-refractivity contribution in [2.45, 2.75) is 26.2 Å². The van der Waals surface area contributed by atoms with Gasteiger partial charge in [0.15, 0.2) is 0 Å². The summed E-state index contributed by atoms with van der Waals surface area (Å²) in [4.78, 5) is 8.40. The first kappa shape index (κ1) is 19.3. The number of nitrogens with one attached hydrogen (secondary N) is 1. The fourth-order valence-electron chi connectivity index (χ4n) is 2.97. The van der Waals surface area contributed by atoms with Crippen molar-refractivity contribution in [2.75, 3.05) is 26.4 Å². The van der Waals surface area contributed by atoms with Crippen LogP contribution >= 0.6 is 0 Å². The highest BCUT2D eigenvalue weighted by Gasteiger charge is 2.13. The van der Waals surface area contributed by atoms with Gasteiger partial charge in [-0.3, -0.25) is 0 Å². The highest BCUT2D eigenvalue weighted by molar-refractivity contribution is 5.78. The van der Waals surface area contributed by atoms with Gasteiger partial charge < -0.3 is 14.5 Å². The lowest BCUT2D eigenvalue weighted by atomic mass is 10.1. The predicted molar refractivity (Wildman–Crippen MR) is 110 cm³/mol. The minimum atomic E-state index is 0.655. The molecule has 0 spiro atoms. The molecule has 0 fully saturated rings. The molecule has 27 heavy (non-hydrogen) atoms. The van der Waals surface area contributed by atoms with Crippen LogP contribution in [0.15, 0.2) is 60.7 Å². The molecule has 1 heterocycles. The number of hydrogen-bond acceptors (Lipinski definition) is 3. The lowest BCUT2D eigenvalue weighted by Crippen LogP contribution is -2.06. The van der Waals surface area contributed by atoms with E-state index < -0.39 is 0 Å². The Morgan fingerprint density at radius 3 is 2.07 bits per heavy atom. The molecule has 0 bridgehead atoms. The number of ether oxygens (including phenoxy) is 2. The molecule has 0 saturated carbocycles. The van der Waals surface area contributed by atoms with Crippen LogP contribution in [0.2, 0.25) is 0 Å². The predicted octanol–water partition coefficient (Wildman–Crippen LogP) is 5.12. The van der Waals surface area contributed by atoms with Crippen LogP contribution in [0.25, 0.3) is 22.5 Å². The van der Waals surface area contributed by atoms with E-state index in [0.717, 1.165) is 60.8 Å². The first-order valence-corrected chi connectivity index (χ1v) is 9.73. The van der Waals surface area contributed by atoms with Crippen molar-refractivity contribution in [1.29, 1.82) is 0 Å². The summed E-state index contributed by atoms with van der Waals surface area (Å²) in [5, 5.41) is 0. The number of aromatic nitrogens is 2. The molecule has 3 aromatic rings. The highest BCUT2D eigenvalue weighted by Crippen LogP contribution is 2.30. The van der Waals surface area contributed by atoms with Crippen LogP contribution in [-0.4, -0.2) is 36.4 Å². The molecule has 0 atom stereocenters. The third-order valence-electron chi connectivity index (χ3n) is 4.29. The van der Waals surface area contributed by atoms with Crippen LogP contribution in [0.1, 0.15) is 25.6 Å². The number of H-pyrrole nitrogens is 1. The molecule has 0 unspecified atom stereocenters. The third kappa shape index (κ3) is 5.78. The van der Waals surface area contributed by atoms with Crippen molar-refractivity contribution < 1.29 is 9.47 Å². The van der Waals surface area contributed by atoms with E-state index in [4.69, 9.17) is 14.5 Å². The maximum atomic E-state index is 5.64. The number of aryl methyl sites for hydroxylation is 1. The Balaban J connectivity index is 1.62. The summed E-state index contributed by atoms with van der Waals surface area (Å²) in [6, 6.07) is 20.7. The maximum absolute atomic E-state index is 5.64. The quantitative estimate of drug-likeness (QED) is 0.480. The minimum Gasteiger partial charge on any atom is -0.379 e. The largest absolute Gasteiger partial charge is 0.379 e. The average Bonchev–Trinajstić information content (AvgIpc) is 3.15. The van der Waals surface area contributed by atoms with Gasteiger partial charge in [-0.15, -0.1) is 0 Å². The molecule has 0 aliphatic carbocycles. The van der Waals surface area contributed by atoms with E-state index in [-0.39, 0.29) is 0 Å². The third-order valence-corrected chi connectivity index (χ3v) is 4.29. The summed E-state index contributed by atoms with van der Waals surface area (Å²) in [6.45, 7) is 4.96. The molecule has 1 aromatic heterocycles. The molecule has 0 radical (unpaired) electrons. The number of imidazole rings is 1. The number of rotatable bonds is 11. The van der Waals surface area contributed by atoms with Gasteiger partial charge in [0.2, 0.25) is 0 Å². The van der Waals surface area contributed by atoms with Gasteiger partial charge in [-0.1, -0.05) is 67.6 Å². The standard InChI is InChI=1S/C23H28N2O2/c1-2-15-26-17-18-27-16-9-14-21-24-22(19-10-5-3-6-11-19)23(25-21)20-12-7-4-8-13-20/h3-8,10-13H,2,9,14-18H2,1H3,(H,24,25). The Hall–Kier alpha value is -2.43. The molecule has 0 amide bonds. The monoisotopic (exact) mass is 364 g/mol.